The Labute approximate surface area is 121 Å². The zero-order valence-corrected chi connectivity index (χ0v) is 12.9. The largest absolute Gasteiger partial charge is 0.379 e. The predicted octanol–water partition coefficient (Wildman–Crippen LogP) is 4.03. The highest BCUT2D eigenvalue weighted by Gasteiger charge is 2.12. The minimum Gasteiger partial charge on any atom is -0.379 e. The molecule has 102 valence electrons. The van der Waals surface area contributed by atoms with Crippen LogP contribution in [0.15, 0.2) is 22.7 Å². The van der Waals surface area contributed by atoms with Gasteiger partial charge in [0.15, 0.2) is 0 Å². The minimum absolute atomic E-state index is 0.229. The Hall–Kier alpha value is -1.36. The summed E-state index contributed by atoms with van der Waals surface area (Å²) in [6.07, 6.45) is 0. The zero-order chi connectivity index (χ0) is 14.0. The van der Waals surface area contributed by atoms with E-state index in [1.165, 1.54) is 12.1 Å². The number of halogens is 2. The van der Waals surface area contributed by atoms with Crippen LogP contribution in [0.4, 0.5) is 10.1 Å². The molecule has 0 spiro atoms. The molecule has 0 amide bonds. The number of rotatable bonds is 4. The molecular formula is C14H17BrFN3. The molecule has 0 unspecified atom stereocenters. The normalized spacial score (nSPS) is 10.8. The van der Waals surface area contributed by atoms with Crippen LogP contribution in [-0.4, -0.2) is 9.78 Å². The number of nitrogens with one attached hydrogen (secondary N) is 1. The first-order chi connectivity index (χ1) is 9.02. The summed E-state index contributed by atoms with van der Waals surface area (Å²) in [7, 11) is 0. The first-order valence-electron chi connectivity index (χ1n) is 6.24. The summed E-state index contributed by atoms with van der Waals surface area (Å²) in [5, 5.41) is 7.70. The zero-order valence-electron chi connectivity index (χ0n) is 11.3. The Bertz CT molecular complexity index is 593. The van der Waals surface area contributed by atoms with E-state index in [9.17, 15) is 4.39 Å². The second-order valence-corrected chi connectivity index (χ2v) is 5.27. The van der Waals surface area contributed by atoms with Crippen molar-refractivity contribution in [1.29, 1.82) is 0 Å². The number of nitrogens with zero attached hydrogens (tertiary/aromatic N) is 2. The Morgan fingerprint density at radius 1 is 1.37 bits per heavy atom. The minimum atomic E-state index is -0.229. The molecule has 5 heteroatoms. The van der Waals surface area contributed by atoms with Gasteiger partial charge in [0, 0.05) is 12.2 Å². The fourth-order valence-electron chi connectivity index (χ4n) is 2.00. The van der Waals surface area contributed by atoms with Crippen LogP contribution in [0.5, 0.6) is 0 Å². The van der Waals surface area contributed by atoms with Gasteiger partial charge in [-0.25, -0.2) is 4.39 Å². The highest BCUT2D eigenvalue weighted by Crippen LogP contribution is 2.23. The van der Waals surface area contributed by atoms with E-state index in [1.807, 2.05) is 18.5 Å². The van der Waals surface area contributed by atoms with E-state index in [0.29, 0.717) is 6.54 Å². The maximum atomic E-state index is 13.2. The summed E-state index contributed by atoms with van der Waals surface area (Å²) in [6.45, 7) is 7.40. The lowest BCUT2D eigenvalue weighted by Gasteiger charge is -2.11. The van der Waals surface area contributed by atoms with Crippen LogP contribution in [0.25, 0.3) is 0 Å². The number of anilines is 1. The second kappa shape index (κ2) is 5.74. The van der Waals surface area contributed by atoms with Crippen LogP contribution in [0.2, 0.25) is 0 Å². The molecule has 0 aliphatic carbocycles. The number of hydrogen-bond acceptors (Lipinski definition) is 2. The SMILES string of the molecule is CCn1nc(C)c(Br)c1CNc1cc(F)ccc1C. The van der Waals surface area contributed by atoms with Gasteiger partial charge in [-0.05, 0) is 54.4 Å². The summed E-state index contributed by atoms with van der Waals surface area (Å²) in [6, 6.07) is 4.76. The van der Waals surface area contributed by atoms with E-state index in [2.05, 4.69) is 33.3 Å². The Morgan fingerprint density at radius 3 is 2.79 bits per heavy atom. The predicted molar refractivity (Wildman–Crippen MR) is 78.8 cm³/mol. The van der Waals surface area contributed by atoms with Crippen LogP contribution in [0.1, 0.15) is 23.9 Å². The van der Waals surface area contributed by atoms with Gasteiger partial charge in [0.2, 0.25) is 0 Å². The van der Waals surface area contributed by atoms with Crippen molar-refractivity contribution < 1.29 is 4.39 Å². The first kappa shape index (κ1) is 14.1. The third-order valence-electron chi connectivity index (χ3n) is 3.10. The van der Waals surface area contributed by atoms with Crippen molar-refractivity contribution >= 4 is 21.6 Å². The summed E-state index contributed by atoms with van der Waals surface area (Å²) < 4.78 is 16.2. The van der Waals surface area contributed by atoms with E-state index in [-0.39, 0.29) is 5.82 Å². The summed E-state index contributed by atoms with van der Waals surface area (Å²) in [4.78, 5) is 0. The first-order valence-corrected chi connectivity index (χ1v) is 7.04. The number of hydrogen-bond donors (Lipinski definition) is 1. The molecule has 0 bridgehead atoms. The van der Waals surface area contributed by atoms with Crippen LogP contribution in [-0.2, 0) is 13.1 Å². The summed E-state index contributed by atoms with van der Waals surface area (Å²) in [5.41, 5.74) is 3.88. The summed E-state index contributed by atoms with van der Waals surface area (Å²) >= 11 is 3.55. The third kappa shape index (κ3) is 2.97. The van der Waals surface area contributed by atoms with Crippen molar-refractivity contribution in [2.24, 2.45) is 0 Å². The van der Waals surface area contributed by atoms with Crippen molar-refractivity contribution in [3.05, 3.63) is 45.4 Å². The Kier molecular flexibility index (Phi) is 4.24. The molecule has 0 saturated carbocycles. The van der Waals surface area contributed by atoms with Crippen LogP contribution < -0.4 is 5.32 Å². The molecule has 0 aliphatic rings. The standard InChI is InChI=1S/C14H17BrFN3/c1-4-19-13(14(15)10(3)18-19)8-17-12-7-11(16)6-5-9(12)2/h5-7,17H,4,8H2,1-3H3. The van der Waals surface area contributed by atoms with Crippen molar-refractivity contribution in [3.63, 3.8) is 0 Å². The fourth-order valence-corrected chi connectivity index (χ4v) is 2.43. The Balaban J connectivity index is 2.21. The van der Waals surface area contributed by atoms with Crippen molar-refractivity contribution in [1.82, 2.24) is 9.78 Å². The monoisotopic (exact) mass is 325 g/mol. The van der Waals surface area contributed by atoms with E-state index in [1.54, 1.807) is 6.07 Å². The van der Waals surface area contributed by atoms with Gasteiger partial charge in [-0.3, -0.25) is 4.68 Å². The quantitative estimate of drug-likeness (QED) is 0.919. The maximum Gasteiger partial charge on any atom is 0.125 e. The molecule has 0 aliphatic heterocycles. The summed E-state index contributed by atoms with van der Waals surface area (Å²) in [5.74, 6) is -0.229. The molecule has 0 fully saturated rings. The van der Waals surface area contributed by atoms with Crippen LogP contribution in [0, 0.1) is 19.7 Å². The molecule has 2 aromatic rings. The van der Waals surface area contributed by atoms with Gasteiger partial charge in [-0.2, -0.15) is 5.10 Å². The van der Waals surface area contributed by atoms with E-state index in [0.717, 1.165) is 33.7 Å². The Morgan fingerprint density at radius 2 is 2.11 bits per heavy atom. The highest BCUT2D eigenvalue weighted by atomic mass is 79.9. The number of benzene rings is 1. The van der Waals surface area contributed by atoms with Gasteiger partial charge in [-0.15, -0.1) is 0 Å². The molecule has 2 rings (SSSR count). The molecular weight excluding hydrogens is 309 g/mol. The molecule has 3 nitrogen and oxygen atoms in total. The van der Waals surface area contributed by atoms with Gasteiger partial charge >= 0.3 is 0 Å². The molecule has 19 heavy (non-hydrogen) atoms. The van der Waals surface area contributed by atoms with Gasteiger partial charge in [0.1, 0.15) is 5.82 Å². The van der Waals surface area contributed by atoms with E-state index < -0.39 is 0 Å². The molecule has 0 saturated heterocycles. The lowest BCUT2D eigenvalue weighted by Crippen LogP contribution is -2.09. The number of aromatic nitrogens is 2. The van der Waals surface area contributed by atoms with Crippen molar-refractivity contribution in [2.75, 3.05) is 5.32 Å². The maximum absolute atomic E-state index is 13.2. The van der Waals surface area contributed by atoms with Gasteiger partial charge in [0.05, 0.1) is 22.4 Å². The van der Waals surface area contributed by atoms with Crippen LogP contribution in [0.3, 0.4) is 0 Å². The lowest BCUT2D eigenvalue weighted by molar-refractivity contribution is 0.620. The van der Waals surface area contributed by atoms with Crippen LogP contribution >= 0.6 is 15.9 Å². The lowest BCUT2D eigenvalue weighted by atomic mass is 10.2. The topological polar surface area (TPSA) is 29.9 Å². The van der Waals surface area contributed by atoms with Gasteiger partial charge in [-0.1, -0.05) is 6.07 Å². The molecule has 0 radical (unpaired) electrons. The number of aryl methyl sites for hydroxylation is 3. The highest BCUT2D eigenvalue weighted by molar-refractivity contribution is 9.10. The molecule has 1 aromatic heterocycles. The van der Waals surface area contributed by atoms with Crippen molar-refractivity contribution in [3.8, 4) is 0 Å². The van der Waals surface area contributed by atoms with E-state index in [4.69, 9.17) is 0 Å². The third-order valence-corrected chi connectivity index (χ3v) is 4.13. The van der Waals surface area contributed by atoms with Gasteiger partial charge < -0.3 is 5.32 Å². The smallest absolute Gasteiger partial charge is 0.125 e. The molecule has 1 aromatic carbocycles. The second-order valence-electron chi connectivity index (χ2n) is 4.47. The molecule has 1 N–H and O–H groups in total. The van der Waals surface area contributed by atoms with Gasteiger partial charge in [0.25, 0.3) is 0 Å². The fraction of sp³-hybridized carbons (Fsp3) is 0.357. The average molecular weight is 326 g/mol. The van der Waals surface area contributed by atoms with E-state index >= 15 is 0 Å². The van der Waals surface area contributed by atoms with Crippen molar-refractivity contribution in [2.45, 2.75) is 33.9 Å². The molecule has 0 atom stereocenters. The molecule has 1 heterocycles. The average Bonchev–Trinajstić information content (AvgIpc) is 2.66.